The number of hydrogen-bond donors (Lipinski definition) is 0. The average molecular weight is 833 g/mol. The molecule has 4 aliphatic rings. The minimum Gasteiger partial charge on any atom is -0.0796 e. The molecule has 312 valence electrons. The quantitative estimate of drug-likeness (QED) is 0.155. The van der Waals surface area contributed by atoms with Crippen molar-refractivity contribution in [2.45, 2.75) is 63.7 Å². The summed E-state index contributed by atoms with van der Waals surface area (Å²) in [5, 5.41) is 5.13. The normalized spacial score (nSPS) is 18.6. The Morgan fingerprint density at radius 2 is 0.785 bits per heavy atom. The first kappa shape index (κ1) is 38.4. The first-order chi connectivity index (χ1) is 31.5. The molecule has 13 rings (SSSR count). The molecule has 9 aromatic carbocycles. The number of benzene rings is 9. The lowest BCUT2D eigenvalue weighted by atomic mass is 9.74. The van der Waals surface area contributed by atoms with E-state index in [4.69, 9.17) is 0 Å². The molecule has 0 saturated carbocycles. The van der Waals surface area contributed by atoms with Gasteiger partial charge >= 0.3 is 0 Å². The van der Waals surface area contributed by atoms with E-state index in [0.29, 0.717) is 11.8 Å². The number of fused-ring (bicyclic) bond motifs is 11. The van der Waals surface area contributed by atoms with Crippen LogP contribution in [-0.2, 0) is 16.2 Å². The van der Waals surface area contributed by atoms with Gasteiger partial charge in [-0.1, -0.05) is 211 Å². The van der Waals surface area contributed by atoms with E-state index >= 15 is 0 Å². The summed E-state index contributed by atoms with van der Waals surface area (Å²) in [5.41, 5.74) is 24.0. The molecule has 0 amide bonds. The molecule has 0 aliphatic heterocycles. The standard InChI is InChI=1S/C65H52/c1-63(2)55-23-12-9-18-45(55)48-30-26-41(36-58(48)63)39-16-15-17-43(34-39)61-51-21-7-8-22-52(51)62(44-29-32-50-47-20-11-14-25-57(47)65(5,6)60(50)38-44)54-35-40(28-33-53(54)61)42-27-31-49-46-19-10-13-24-56(46)64(3,4)59(49)37-42/h7-38,47,57H,1-6H3. The third-order valence-electron chi connectivity index (χ3n) is 16.4. The van der Waals surface area contributed by atoms with Crippen molar-refractivity contribution in [3.8, 4) is 66.8 Å². The minimum absolute atomic E-state index is 0.0127. The molecule has 2 atom stereocenters. The van der Waals surface area contributed by atoms with Crippen LogP contribution in [0.25, 0.3) is 88.3 Å². The van der Waals surface area contributed by atoms with Crippen molar-refractivity contribution in [2.24, 2.45) is 5.92 Å². The molecule has 0 heterocycles. The van der Waals surface area contributed by atoms with Gasteiger partial charge in [0.25, 0.3) is 0 Å². The Bertz CT molecular complexity index is 3580. The Morgan fingerprint density at radius 1 is 0.323 bits per heavy atom. The van der Waals surface area contributed by atoms with E-state index in [1.807, 2.05) is 0 Å². The van der Waals surface area contributed by atoms with Crippen LogP contribution in [0, 0.1) is 5.92 Å². The average Bonchev–Trinajstić information content (AvgIpc) is 3.82. The first-order valence-electron chi connectivity index (χ1n) is 23.6. The molecule has 65 heavy (non-hydrogen) atoms. The number of hydrogen-bond acceptors (Lipinski definition) is 0. The van der Waals surface area contributed by atoms with Crippen LogP contribution < -0.4 is 0 Å². The summed E-state index contributed by atoms with van der Waals surface area (Å²) >= 11 is 0. The Hall–Kier alpha value is -7.02. The van der Waals surface area contributed by atoms with E-state index < -0.39 is 0 Å². The highest BCUT2D eigenvalue weighted by Gasteiger charge is 2.44. The van der Waals surface area contributed by atoms with Crippen molar-refractivity contribution in [2.75, 3.05) is 0 Å². The molecule has 0 spiro atoms. The monoisotopic (exact) mass is 832 g/mol. The third kappa shape index (κ3) is 5.38. The zero-order valence-corrected chi connectivity index (χ0v) is 38.1. The molecule has 0 fully saturated rings. The maximum atomic E-state index is 2.55. The van der Waals surface area contributed by atoms with Gasteiger partial charge in [-0.2, -0.15) is 0 Å². The summed E-state index contributed by atoms with van der Waals surface area (Å²) in [5.74, 6) is 0.866. The molecular formula is C65H52. The van der Waals surface area contributed by atoms with E-state index in [1.54, 1.807) is 0 Å². The molecule has 0 saturated heterocycles. The van der Waals surface area contributed by atoms with Crippen molar-refractivity contribution in [1.82, 2.24) is 0 Å². The van der Waals surface area contributed by atoms with Gasteiger partial charge in [0.1, 0.15) is 0 Å². The van der Waals surface area contributed by atoms with E-state index in [1.165, 1.54) is 122 Å². The molecular weight excluding hydrogens is 781 g/mol. The minimum atomic E-state index is -0.0737. The van der Waals surface area contributed by atoms with Crippen LogP contribution in [0.1, 0.15) is 80.8 Å². The second-order valence-electron chi connectivity index (χ2n) is 20.8. The fourth-order valence-electron chi connectivity index (χ4n) is 12.9. The highest BCUT2D eigenvalue weighted by atomic mass is 14.5. The predicted octanol–water partition coefficient (Wildman–Crippen LogP) is 17.4. The van der Waals surface area contributed by atoms with E-state index in [2.05, 4.69) is 236 Å². The van der Waals surface area contributed by atoms with Crippen LogP contribution in [0.3, 0.4) is 0 Å². The smallest absolute Gasteiger partial charge is 0.0159 e. The molecule has 2 unspecified atom stereocenters. The highest BCUT2D eigenvalue weighted by molar-refractivity contribution is 6.22. The Balaban J connectivity index is 1.03. The first-order valence-corrected chi connectivity index (χ1v) is 23.6. The topological polar surface area (TPSA) is 0 Å². The summed E-state index contributed by atoms with van der Waals surface area (Å²) in [4.78, 5) is 0. The summed E-state index contributed by atoms with van der Waals surface area (Å²) in [6, 6.07) is 65.4. The van der Waals surface area contributed by atoms with Gasteiger partial charge in [0.2, 0.25) is 0 Å². The van der Waals surface area contributed by atoms with Crippen LogP contribution in [0.4, 0.5) is 0 Å². The maximum Gasteiger partial charge on any atom is 0.0159 e. The Kier molecular flexibility index (Phi) is 7.99. The van der Waals surface area contributed by atoms with Crippen molar-refractivity contribution in [3.63, 3.8) is 0 Å². The van der Waals surface area contributed by atoms with Crippen molar-refractivity contribution in [1.29, 1.82) is 0 Å². The Morgan fingerprint density at radius 3 is 1.45 bits per heavy atom. The van der Waals surface area contributed by atoms with Gasteiger partial charge in [-0.3, -0.25) is 0 Å². The lowest BCUT2D eigenvalue weighted by Gasteiger charge is -2.29. The van der Waals surface area contributed by atoms with E-state index in [9.17, 15) is 0 Å². The zero-order valence-electron chi connectivity index (χ0n) is 38.1. The zero-order chi connectivity index (χ0) is 44.0. The van der Waals surface area contributed by atoms with Crippen molar-refractivity contribution in [3.05, 3.63) is 228 Å². The largest absolute Gasteiger partial charge is 0.0796 e. The number of allylic oxidation sites excluding steroid dienone is 4. The molecule has 9 aromatic rings. The maximum absolute atomic E-state index is 2.55. The van der Waals surface area contributed by atoms with Crippen molar-refractivity contribution >= 4 is 21.5 Å². The molecule has 0 radical (unpaired) electrons. The summed E-state index contributed by atoms with van der Waals surface area (Å²) < 4.78 is 0. The van der Waals surface area contributed by atoms with Gasteiger partial charge < -0.3 is 0 Å². The molecule has 0 heteroatoms. The van der Waals surface area contributed by atoms with Crippen LogP contribution in [0.15, 0.2) is 194 Å². The lowest BCUT2D eigenvalue weighted by molar-refractivity contribution is 0.394. The molecule has 0 bridgehead atoms. The fourth-order valence-corrected chi connectivity index (χ4v) is 12.9. The summed E-state index contributed by atoms with van der Waals surface area (Å²) in [6.45, 7) is 14.4. The van der Waals surface area contributed by atoms with E-state index in [0.717, 1.165) is 0 Å². The fraction of sp³-hybridized carbons (Fsp3) is 0.169. The summed E-state index contributed by atoms with van der Waals surface area (Å²) in [7, 11) is 0. The molecule has 0 nitrogen and oxygen atoms in total. The van der Waals surface area contributed by atoms with Gasteiger partial charge in [0.15, 0.2) is 0 Å². The van der Waals surface area contributed by atoms with Crippen LogP contribution in [0.5, 0.6) is 0 Å². The van der Waals surface area contributed by atoms with Gasteiger partial charge in [0.05, 0.1) is 0 Å². The van der Waals surface area contributed by atoms with Gasteiger partial charge in [-0.05, 0) is 157 Å². The van der Waals surface area contributed by atoms with Gasteiger partial charge in [0, 0.05) is 16.7 Å². The Labute approximate surface area is 383 Å². The van der Waals surface area contributed by atoms with Crippen molar-refractivity contribution < 1.29 is 0 Å². The molecule has 4 aliphatic carbocycles. The van der Waals surface area contributed by atoms with Crippen LogP contribution in [-0.4, -0.2) is 0 Å². The molecule has 0 aromatic heterocycles. The predicted molar refractivity (Wildman–Crippen MR) is 276 cm³/mol. The second kappa shape index (κ2) is 13.5. The van der Waals surface area contributed by atoms with Crippen LogP contribution >= 0.6 is 0 Å². The van der Waals surface area contributed by atoms with Gasteiger partial charge in [-0.25, -0.2) is 0 Å². The molecule has 0 N–H and O–H groups in total. The van der Waals surface area contributed by atoms with Gasteiger partial charge in [-0.15, -0.1) is 0 Å². The summed E-state index contributed by atoms with van der Waals surface area (Å²) in [6.07, 6.45) is 9.33. The lowest BCUT2D eigenvalue weighted by Crippen LogP contribution is -2.24. The second-order valence-corrected chi connectivity index (χ2v) is 20.8. The van der Waals surface area contributed by atoms with E-state index in [-0.39, 0.29) is 16.2 Å². The third-order valence-corrected chi connectivity index (χ3v) is 16.4. The highest BCUT2D eigenvalue weighted by Crippen LogP contribution is 2.56. The van der Waals surface area contributed by atoms with Crippen LogP contribution in [0.2, 0.25) is 0 Å². The SMILES string of the molecule is CC1(C)c2ccccc2-c2ccc(-c3cccc(-c4c5ccccc5c(-c5ccc6c(c5)C(C)(C)C5C=CC=CC65)c5cc(-c6ccc7c(c6)C(C)(C)c6ccccc6-7)ccc45)c3)cc21. The number of rotatable bonds is 4.